The van der Waals surface area contributed by atoms with E-state index in [1.165, 1.54) is 13.3 Å². The normalized spacial score (nSPS) is 21.5. The molecular weight excluding hydrogens is 256 g/mol. The first-order chi connectivity index (χ1) is 8.52. The second-order valence-electron chi connectivity index (χ2n) is 4.13. The lowest BCUT2D eigenvalue weighted by Crippen LogP contribution is -2.35. The van der Waals surface area contributed by atoms with Crippen LogP contribution in [0, 0.1) is 0 Å². The van der Waals surface area contributed by atoms with Crippen molar-refractivity contribution in [3.63, 3.8) is 0 Å². The molecule has 0 aliphatic carbocycles. The first kappa shape index (κ1) is 12.8. The van der Waals surface area contributed by atoms with E-state index in [2.05, 4.69) is 10.3 Å². The molecule has 6 nitrogen and oxygen atoms in total. The number of nitrogens with zero attached hydrogens (tertiary/aromatic N) is 1. The zero-order valence-electron chi connectivity index (χ0n) is 9.92. The van der Waals surface area contributed by atoms with Gasteiger partial charge in [0.05, 0.1) is 18.6 Å². The molecule has 1 aromatic heterocycles. The Labute approximate surface area is 105 Å². The third-order valence-corrected chi connectivity index (χ3v) is 4.54. The summed E-state index contributed by atoms with van der Waals surface area (Å²) in [6.07, 6.45) is 1.98. The second-order valence-corrected chi connectivity index (χ2v) is 6.36. The third-order valence-electron chi connectivity index (χ3n) is 2.78. The number of carbonyl (C=O) groups is 1. The van der Waals surface area contributed by atoms with E-state index in [9.17, 15) is 13.2 Å². The summed E-state index contributed by atoms with van der Waals surface area (Å²) in [6, 6.07) is 2.89. The molecule has 0 radical (unpaired) electrons. The van der Waals surface area contributed by atoms with Gasteiger partial charge in [-0.25, -0.2) is 13.4 Å². The number of pyridine rings is 1. The van der Waals surface area contributed by atoms with E-state index < -0.39 is 9.84 Å². The van der Waals surface area contributed by atoms with Crippen molar-refractivity contribution in [2.45, 2.75) is 12.5 Å². The highest BCUT2D eigenvalue weighted by Gasteiger charge is 2.29. The Kier molecular flexibility index (Phi) is 3.51. The van der Waals surface area contributed by atoms with Crippen molar-refractivity contribution in [1.82, 2.24) is 10.3 Å². The molecular formula is C11H14N2O4S. The largest absolute Gasteiger partial charge is 0.480 e. The van der Waals surface area contributed by atoms with Gasteiger partial charge in [0.25, 0.3) is 5.91 Å². The van der Waals surface area contributed by atoms with Gasteiger partial charge in [-0.2, -0.15) is 0 Å². The summed E-state index contributed by atoms with van der Waals surface area (Å²) in [4.78, 5) is 15.9. The van der Waals surface area contributed by atoms with Crippen LogP contribution in [-0.4, -0.2) is 44.0 Å². The summed E-state index contributed by atoms with van der Waals surface area (Å²) in [5.41, 5.74) is 0.310. The van der Waals surface area contributed by atoms with E-state index in [1.807, 2.05) is 0 Å². The van der Waals surface area contributed by atoms with Crippen molar-refractivity contribution in [2.75, 3.05) is 18.6 Å². The zero-order chi connectivity index (χ0) is 13.2. The Morgan fingerprint density at radius 2 is 2.33 bits per heavy atom. The van der Waals surface area contributed by atoms with E-state index in [0.717, 1.165) is 0 Å². The average molecular weight is 270 g/mol. The molecule has 1 aromatic rings. The van der Waals surface area contributed by atoms with Crippen LogP contribution >= 0.6 is 0 Å². The summed E-state index contributed by atoms with van der Waals surface area (Å²) >= 11 is 0. The molecule has 2 rings (SSSR count). The molecule has 7 heteroatoms. The predicted molar refractivity (Wildman–Crippen MR) is 65.3 cm³/mol. The van der Waals surface area contributed by atoms with Crippen molar-refractivity contribution in [2.24, 2.45) is 0 Å². The number of ether oxygens (including phenoxy) is 1. The van der Waals surface area contributed by atoms with Gasteiger partial charge in [-0.1, -0.05) is 0 Å². The number of sulfone groups is 1. The van der Waals surface area contributed by atoms with Crippen LogP contribution in [0.25, 0.3) is 0 Å². The van der Waals surface area contributed by atoms with Crippen LogP contribution in [0.5, 0.6) is 5.88 Å². The first-order valence-electron chi connectivity index (χ1n) is 5.52. The molecule has 1 atom stereocenters. The maximum atomic E-state index is 12.0. The predicted octanol–water partition coefficient (Wildman–Crippen LogP) is 0.00710. The Balaban J connectivity index is 2.09. The molecule has 1 aliphatic rings. The molecule has 0 spiro atoms. The minimum Gasteiger partial charge on any atom is -0.480 e. The maximum absolute atomic E-state index is 12.0. The van der Waals surface area contributed by atoms with Gasteiger partial charge >= 0.3 is 0 Å². The standard InChI is InChI=1S/C11H14N2O4S/c1-17-11-9(3-2-5-12-11)10(14)13-8-4-6-18(15,16)7-8/h2-3,5,8H,4,6-7H2,1H3,(H,13,14). The highest BCUT2D eigenvalue weighted by molar-refractivity contribution is 7.91. The molecule has 1 fully saturated rings. The summed E-state index contributed by atoms with van der Waals surface area (Å²) in [6.45, 7) is 0. The van der Waals surface area contributed by atoms with Crippen molar-refractivity contribution in [3.8, 4) is 5.88 Å². The lowest BCUT2D eigenvalue weighted by atomic mass is 10.2. The van der Waals surface area contributed by atoms with Crippen LogP contribution in [0.2, 0.25) is 0 Å². The van der Waals surface area contributed by atoms with Gasteiger partial charge in [0.1, 0.15) is 5.56 Å². The van der Waals surface area contributed by atoms with E-state index in [-0.39, 0.29) is 29.3 Å². The molecule has 98 valence electrons. The van der Waals surface area contributed by atoms with Crippen LogP contribution in [-0.2, 0) is 9.84 Å². The summed E-state index contributed by atoms with van der Waals surface area (Å²) in [7, 11) is -1.57. The van der Waals surface area contributed by atoms with Crippen molar-refractivity contribution in [3.05, 3.63) is 23.9 Å². The van der Waals surface area contributed by atoms with Crippen LogP contribution in [0.3, 0.4) is 0 Å². The number of nitrogens with one attached hydrogen (secondary N) is 1. The van der Waals surface area contributed by atoms with Gasteiger partial charge in [0.15, 0.2) is 9.84 Å². The molecule has 0 bridgehead atoms. The molecule has 1 N–H and O–H groups in total. The van der Waals surface area contributed by atoms with Gasteiger partial charge in [0.2, 0.25) is 5.88 Å². The van der Waals surface area contributed by atoms with Crippen LogP contribution < -0.4 is 10.1 Å². The highest BCUT2D eigenvalue weighted by atomic mass is 32.2. The second kappa shape index (κ2) is 4.93. The summed E-state index contributed by atoms with van der Waals surface area (Å²) < 4.78 is 27.6. The molecule has 0 saturated carbocycles. The topological polar surface area (TPSA) is 85.4 Å². The minimum atomic E-state index is -3.00. The van der Waals surface area contributed by atoms with E-state index in [0.29, 0.717) is 12.0 Å². The van der Waals surface area contributed by atoms with E-state index in [4.69, 9.17) is 4.74 Å². The van der Waals surface area contributed by atoms with Gasteiger partial charge in [0, 0.05) is 12.2 Å². The van der Waals surface area contributed by atoms with Crippen LogP contribution in [0.1, 0.15) is 16.8 Å². The number of carbonyl (C=O) groups excluding carboxylic acids is 1. The minimum absolute atomic E-state index is 0.00131. The first-order valence-corrected chi connectivity index (χ1v) is 7.34. The number of hydrogen-bond acceptors (Lipinski definition) is 5. The lowest BCUT2D eigenvalue weighted by molar-refractivity contribution is 0.0937. The zero-order valence-corrected chi connectivity index (χ0v) is 10.7. The molecule has 1 aliphatic heterocycles. The smallest absolute Gasteiger partial charge is 0.257 e. The third kappa shape index (κ3) is 2.79. The van der Waals surface area contributed by atoms with E-state index >= 15 is 0 Å². The molecule has 0 aromatic carbocycles. The van der Waals surface area contributed by atoms with Crippen molar-refractivity contribution < 1.29 is 17.9 Å². The SMILES string of the molecule is COc1ncccc1C(=O)NC1CCS(=O)(=O)C1. The van der Waals surface area contributed by atoms with Crippen molar-refractivity contribution >= 4 is 15.7 Å². The molecule has 18 heavy (non-hydrogen) atoms. The quantitative estimate of drug-likeness (QED) is 0.836. The number of aromatic nitrogens is 1. The van der Waals surface area contributed by atoms with Crippen LogP contribution in [0.4, 0.5) is 0 Å². The molecule has 2 heterocycles. The fraction of sp³-hybridized carbons (Fsp3) is 0.455. The Morgan fingerprint density at radius 1 is 1.56 bits per heavy atom. The number of methoxy groups -OCH3 is 1. The average Bonchev–Trinajstić information content (AvgIpc) is 2.68. The number of amides is 1. The molecule has 1 saturated heterocycles. The van der Waals surface area contributed by atoms with Gasteiger partial charge < -0.3 is 10.1 Å². The lowest BCUT2D eigenvalue weighted by Gasteiger charge is -2.12. The summed E-state index contributed by atoms with van der Waals surface area (Å²) in [5.74, 6) is 0.00147. The fourth-order valence-electron chi connectivity index (χ4n) is 1.90. The Bertz CT molecular complexity index is 556. The monoisotopic (exact) mass is 270 g/mol. The van der Waals surface area contributed by atoms with Gasteiger partial charge in [-0.05, 0) is 18.6 Å². The van der Waals surface area contributed by atoms with Gasteiger partial charge in [-0.3, -0.25) is 4.79 Å². The fourth-order valence-corrected chi connectivity index (χ4v) is 3.57. The number of hydrogen-bond donors (Lipinski definition) is 1. The van der Waals surface area contributed by atoms with E-state index in [1.54, 1.807) is 12.1 Å². The highest BCUT2D eigenvalue weighted by Crippen LogP contribution is 2.16. The summed E-state index contributed by atoms with van der Waals surface area (Å²) in [5, 5.41) is 2.69. The Morgan fingerprint density at radius 3 is 2.94 bits per heavy atom. The molecule has 1 unspecified atom stereocenters. The number of rotatable bonds is 3. The van der Waals surface area contributed by atoms with Gasteiger partial charge in [-0.15, -0.1) is 0 Å². The van der Waals surface area contributed by atoms with Crippen molar-refractivity contribution in [1.29, 1.82) is 0 Å². The van der Waals surface area contributed by atoms with Crippen LogP contribution in [0.15, 0.2) is 18.3 Å². The maximum Gasteiger partial charge on any atom is 0.257 e. The molecule has 1 amide bonds. The Hall–Kier alpha value is -1.63.